The summed E-state index contributed by atoms with van der Waals surface area (Å²) < 4.78 is 19.0. The lowest BCUT2D eigenvalue weighted by Crippen LogP contribution is -2.33. The summed E-state index contributed by atoms with van der Waals surface area (Å²) in [4.78, 5) is 23.1. The molecule has 6 rings (SSSR count). The average Bonchev–Trinajstić information content (AvgIpc) is 3.31. The molecule has 8 heteroatoms. The molecular weight excluding hydrogens is 456 g/mol. The van der Waals surface area contributed by atoms with Crippen LogP contribution in [0.2, 0.25) is 0 Å². The van der Waals surface area contributed by atoms with Gasteiger partial charge in [0.05, 0.1) is 25.7 Å². The number of benzene rings is 2. The van der Waals surface area contributed by atoms with Gasteiger partial charge in [-0.1, -0.05) is 50.2 Å². The van der Waals surface area contributed by atoms with Crippen molar-refractivity contribution in [3.8, 4) is 28.8 Å². The minimum absolute atomic E-state index is 0.0662. The molecule has 1 aliphatic carbocycles. The van der Waals surface area contributed by atoms with Gasteiger partial charge in [-0.3, -0.25) is 4.79 Å². The zero-order valence-electron chi connectivity index (χ0n) is 20.6. The molecule has 0 N–H and O–H groups in total. The number of hydrogen-bond donors (Lipinski definition) is 0. The van der Waals surface area contributed by atoms with Crippen molar-refractivity contribution in [1.82, 2.24) is 19.6 Å². The van der Waals surface area contributed by atoms with Crippen molar-refractivity contribution < 1.29 is 19.0 Å². The minimum atomic E-state index is -0.434. The quantitative estimate of drug-likeness (QED) is 0.406. The summed E-state index contributed by atoms with van der Waals surface area (Å²) in [6.45, 7) is 4.17. The van der Waals surface area contributed by atoms with Crippen LogP contribution in [0, 0.1) is 5.41 Å². The number of fused-ring (bicyclic) bond motifs is 3. The fourth-order valence-electron chi connectivity index (χ4n) is 5.22. The van der Waals surface area contributed by atoms with Gasteiger partial charge >= 0.3 is 0 Å². The fraction of sp³-hybridized carbons (Fsp3) is 0.286. The van der Waals surface area contributed by atoms with Crippen LogP contribution in [0.15, 0.2) is 66.2 Å². The Bertz CT molecular complexity index is 1540. The second-order valence-electron chi connectivity index (χ2n) is 9.96. The first-order chi connectivity index (χ1) is 17.4. The zero-order valence-corrected chi connectivity index (χ0v) is 20.6. The third-order valence-corrected chi connectivity index (χ3v) is 6.84. The summed E-state index contributed by atoms with van der Waals surface area (Å²) >= 11 is 0. The van der Waals surface area contributed by atoms with Gasteiger partial charge in [-0.25, -0.2) is 14.5 Å². The molecule has 2 aliphatic rings. The number of allylic oxidation sites excluding steroid dienone is 2. The number of ketones is 1. The Morgan fingerprint density at radius 2 is 1.81 bits per heavy atom. The highest BCUT2D eigenvalue weighted by Gasteiger charge is 2.44. The fourth-order valence-corrected chi connectivity index (χ4v) is 5.22. The predicted octanol–water partition coefficient (Wildman–Crippen LogP) is 4.98. The van der Waals surface area contributed by atoms with Gasteiger partial charge in [-0.2, -0.15) is 0 Å². The van der Waals surface area contributed by atoms with Crippen LogP contribution in [-0.4, -0.2) is 39.6 Å². The maximum absolute atomic E-state index is 13.6. The normalized spacial score (nSPS) is 18.4. The number of methoxy groups -OCH3 is 2. The summed E-state index contributed by atoms with van der Waals surface area (Å²) in [7, 11) is 3.20. The Kier molecular flexibility index (Phi) is 5.07. The lowest BCUT2D eigenvalue weighted by molar-refractivity contribution is -0.118. The molecule has 182 valence electrons. The number of hydrogen-bond acceptors (Lipinski definition) is 7. The summed E-state index contributed by atoms with van der Waals surface area (Å²) in [5.74, 6) is 2.52. The lowest BCUT2D eigenvalue weighted by Gasteiger charge is -2.37. The number of ether oxygens (including phenoxy) is 3. The lowest BCUT2D eigenvalue weighted by atomic mass is 9.70. The van der Waals surface area contributed by atoms with E-state index in [0.29, 0.717) is 58.6 Å². The summed E-state index contributed by atoms with van der Waals surface area (Å²) in [6.07, 6.45) is 2.69. The number of aromatic nitrogens is 4. The van der Waals surface area contributed by atoms with E-state index < -0.39 is 5.92 Å². The van der Waals surface area contributed by atoms with E-state index >= 15 is 0 Å². The first-order valence-corrected chi connectivity index (χ1v) is 11.9. The molecule has 0 saturated carbocycles. The van der Waals surface area contributed by atoms with Crippen molar-refractivity contribution >= 4 is 11.4 Å². The second-order valence-corrected chi connectivity index (χ2v) is 9.96. The van der Waals surface area contributed by atoms with Gasteiger partial charge < -0.3 is 14.2 Å². The number of Topliss-reactive ketones (excluding diaryl/α,β-unsaturated/α-hetero) is 1. The van der Waals surface area contributed by atoms with Crippen molar-refractivity contribution in [2.45, 2.75) is 32.6 Å². The molecule has 2 aromatic carbocycles. The zero-order chi connectivity index (χ0) is 25.0. The van der Waals surface area contributed by atoms with Crippen molar-refractivity contribution in [3.05, 3.63) is 77.3 Å². The van der Waals surface area contributed by atoms with Gasteiger partial charge in [0.15, 0.2) is 28.8 Å². The van der Waals surface area contributed by atoms with Gasteiger partial charge in [0, 0.05) is 24.0 Å². The van der Waals surface area contributed by atoms with E-state index in [0.717, 1.165) is 11.1 Å². The van der Waals surface area contributed by atoms with E-state index in [1.807, 2.05) is 48.5 Å². The Labute approximate surface area is 208 Å². The highest BCUT2D eigenvalue weighted by Crippen LogP contribution is 2.51. The highest BCUT2D eigenvalue weighted by molar-refractivity contribution is 6.00. The number of carbonyl (C=O) groups is 1. The number of nitrogens with zero attached hydrogens (tertiary/aromatic N) is 4. The van der Waals surface area contributed by atoms with Crippen LogP contribution in [0.25, 0.3) is 17.0 Å². The van der Waals surface area contributed by atoms with Crippen molar-refractivity contribution in [3.63, 3.8) is 0 Å². The maximum Gasteiger partial charge on any atom is 0.228 e. The van der Waals surface area contributed by atoms with Crippen LogP contribution < -0.4 is 14.2 Å². The summed E-state index contributed by atoms with van der Waals surface area (Å²) in [6, 6.07) is 15.5. The Morgan fingerprint density at radius 3 is 2.56 bits per heavy atom. The van der Waals surface area contributed by atoms with Crippen LogP contribution in [-0.2, 0) is 4.79 Å². The van der Waals surface area contributed by atoms with E-state index in [-0.39, 0.29) is 11.2 Å². The molecule has 0 spiro atoms. The van der Waals surface area contributed by atoms with Crippen LogP contribution >= 0.6 is 0 Å². The number of carbonyl (C=O) groups excluding carboxylic acids is 1. The monoisotopic (exact) mass is 482 g/mol. The van der Waals surface area contributed by atoms with Crippen LogP contribution in [0.5, 0.6) is 17.4 Å². The van der Waals surface area contributed by atoms with Crippen LogP contribution in [0.3, 0.4) is 0 Å². The van der Waals surface area contributed by atoms with E-state index in [4.69, 9.17) is 19.2 Å². The molecule has 2 aromatic heterocycles. The Morgan fingerprint density at radius 1 is 1.03 bits per heavy atom. The largest absolute Gasteiger partial charge is 0.493 e. The molecule has 36 heavy (non-hydrogen) atoms. The minimum Gasteiger partial charge on any atom is -0.493 e. The molecular formula is C28H26N4O4. The smallest absolute Gasteiger partial charge is 0.228 e. The molecule has 0 radical (unpaired) electrons. The van der Waals surface area contributed by atoms with Crippen molar-refractivity contribution in [2.24, 2.45) is 5.41 Å². The Balaban J connectivity index is 1.61. The van der Waals surface area contributed by atoms with E-state index in [1.54, 1.807) is 25.1 Å². The molecule has 4 aromatic rings. The SMILES string of the molecule is COc1ccc(C2C3=C(CC(C)(C)CC3=O)Oc3ncn4nc(-c5ccccc5)nc4c32)cc1OC. The van der Waals surface area contributed by atoms with E-state index in [1.165, 1.54) is 0 Å². The third kappa shape index (κ3) is 3.52. The van der Waals surface area contributed by atoms with Crippen LogP contribution in [0.1, 0.15) is 43.7 Å². The van der Waals surface area contributed by atoms with Gasteiger partial charge in [0.1, 0.15) is 12.1 Å². The van der Waals surface area contributed by atoms with Gasteiger partial charge in [-0.05, 0) is 23.1 Å². The molecule has 8 nitrogen and oxygen atoms in total. The molecule has 1 unspecified atom stereocenters. The molecule has 0 fully saturated rings. The molecule has 0 saturated heterocycles. The highest BCUT2D eigenvalue weighted by atomic mass is 16.5. The second kappa shape index (κ2) is 8.19. The summed E-state index contributed by atoms with van der Waals surface area (Å²) in [5.41, 5.74) is 3.53. The Hall–Kier alpha value is -4.20. The molecule has 0 bridgehead atoms. The third-order valence-electron chi connectivity index (χ3n) is 6.84. The van der Waals surface area contributed by atoms with Gasteiger partial charge in [0.2, 0.25) is 5.88 Å². The maximum atomic E-state index is 13.6. The molecule has 1 atom stereocenters. The molecule has 3 heterocycles. The van der Waals surface area contributed by atoms with E-state index in [9.17, 15) is 4.79 Å². The van der Waals surface area contributed by atoms with Crippen molar-refractivity contribution in [1.29, 1.82) is 0 Å². The van der Waals surface area contributed by atoms with Crippen molar-refractivity contribution in [2.75, 3.05) is 14.2 Å². The predicted molar refractivity (Wildman–Crippen MR) is 133 cm³/mol. The van der Waals surface area contributed by atoms with E-state index in [2.05, 4.69) is 23.9 Å². The van der Waals surface area contributed by atoms with Gasteiger partial charge in [0.25, 0.3) is 0 Å². The number of rotatable bonds is 4. The summed E-state index contributed by atoms with van der Waals surface area (Å²) in [5, 5.41) is 4.67. The molecule has 1 aliphatic heterocycles. The topological polar surface area (TPSA) is 87.8 Å². The van der Waals surface area contributed by atoms with Gasteiger partial charge in [-0.15, -0.1) is 5.10 Å². The average molecular weight is 483 g/mol. The molecule has 0 amide bonds. The standard InChI is InChI=1S/C28H26N4O4/c1-28(2)13-18(33)23-21(14-28)36-27-24(22(23)17-10-11-19(34-3)20(12-17)35-4)26-30-25(31-32(26)15-29-27)16-8-6-5-7-9-16/h5-12,15,22H,13-14H2,1-4H3. The first kappa shape index (κ1) is 22.3. The first-order valence-electron chi connectivity index (χ1n) is 11.9. The van der Waals surface area contributed by atoms with Crippen LogP contribution in [0.4, 0.5) is 0 Å².